The fourth-order valence-corrected chi connectivity index (χ4v) is 2.99. The third-order valence-electron chi connectivity index (χ3n) is 4.36. The first-order valence-corrected chi connectivity index (χ1v) is 9.09. The average molecular weight is 386 g/mol. The van der Waals surface area contributed by atoms with Crippen LogP contribution in [0.5, 0.6) is 11.5 Å². The predicted octanol–water partition coefficient (Wildman–Crippen LogP) is 4.15. The summed E-state index contributed by atoms with van der Waals surface area (Å²) in [6, 6.07) is 22.8. The molecule has 0 N–H and O–H groups in total. The minimum Gasteiger partial charge on any atom is -0.456 e. The number of aryl methyl sites for hydroxylation is 1. The molecule has 0 saturated carbocycles. The van der Waals surface area contributed by atoms with E-state index in [9.17, 15) is 9.59 Å². The Bertz CT molecular complexity index is 1230. The molecule has 2 aromatic carbocycles. The van der Waals surface area contributed by atoms with Gasteiger partial charge in [-0.2, -0.15) is 0 Å². The maximum Gasteiger partial charge on any atom is 0.342 e. The topological polar surface area (TPSA) is 69.9 Å². The number of hydrogen-bond acceptors (Lipinski definition) is 5. The van der Waals surface area contributed by atoms with Crippen molar-refractivity contribution in [1.29, 1.82) is 0 Å². The molecule has 0 aliphatic carbocycles. The minimum atomic E-state index is -0.553. The second-order valence-electron chi connectivity index (χ2n) is 6.43. The van der Waals surface area contributed by atoms with Crippen LogP contribution in [-0.4, -0.2) is 15.4 Å². The van der Waals surface area contributed by atoms with Gasteiger partial charge in [0, 0.05) is 11.8 Å². The Hall–Kier alpha value is -3.93. The van der Waals surface area contributed by atoms with Crippen LogP contribution in [0.2, 0.25) is 0 Å². The summed E-state index contributed by atoms with van der Waals surface area (Å²) in [5, 5.41) is 0. The molecule has 6 heteroatoms. The molecular weight excluding hydrogens is 368 g/mol. The zero-order valence-electron chi connectivity index (χ0n) is 15.7. The Balaban J connectivity index is 1.54. The number of ether oxygens (including phenoxy) is 2. The summed E-state index contributed by atoms with van der Waals surface area (Å²) in [7, 11) is 0. The summed E-state index contributed by atoms with van der Waals surface area (Å²) >= 11 is 0. The Labute approximate surface area is 167 Å². The van der Waals surface area contributed by atoms with E-state index in [-0.39, 0.29) is 12.2 Å². The van der Waals surface area contributed by atoms with Gasteiger partial charge in [-0.15, -0.1) is 0 Å². The van der Waals surface area contributed by atoms with Crippen LogP contribution in [0.15, 0.2) is 83.7 Å². The molecule has 144 valence electrons. The molecule has 0 fully saturated rings. The van der Waals surface area contributed by atoms with E-state index in [1.54, 1.807) is 42.5 Å². The number of carbonyl (C=O) groups excluding carboxylic acids is 1. The highest BCUT2D eigenvalue weighted by Gasteiger charge is 2.15. The summed E-state index contributed by atoms with van der Waals surface area (Å²) in [5.41, 5.74) is 1.76. The highest BCUT2D eigenvalue weighted by molar-refractivity contribution is 5.92. The molecule has 2 aromatic heterocycles. The van der Waals surface area contributed by atoms with E-state index in [2.05, 4.69) is 4.98 Å². The molecule has 0 atom stereocenters. The number of benzene rings is 2. The zero-order chi connectivity index (χ0) is 20.2. The van der Waals surface area contributed by atoms with Crippen molar-refractivity contribution in [2.75, 3.05) is 0 Å². The van der Waals surface area contributed by atoms with Crippen molar-refractivity contribution in [3.05, 3.63) is 106 Å². The molecule has 0 aliphatic heterocycles. The number of rotatable bonds is 5. The van der Waals surface area contributed by atoms with E-state index < -0.39 is 5.97 Å². The van der Waals surface area contributed by atoms with Gasteiger partial charge in [-0.1, -0.05) is 36.4 Å². The van der Waals surface area contributed by atoms with Gasteiger partial charge in [-0.25, -0.2) is 9.78 Å². The molecule has 4 rings (SSSR count). The normalized spacial score (nSPS) is 10.7. The number of hydrogen-bond donors (Lipinski definition) is 0. The lowest BCUT2D eigenvalue weighted by Crippen LogP contribution is -2.18. The van der Waals surface area contributed by atoms with Gasteiger partial charge in [-0.05, 0) is 43.3 Å². The summed E-state index contributed by atoms with van der Waals surface area (Å²) in [6.45, 7) is 1.72. The van der Waals surface area contributed by atoms with Crippen LogP contribution < -0.4 is 10.3 Å². The number of pyridine rings is 1. The third kappa shape index (κ3) is 4.01. The fourth-order valence-electron chi connectivity index (χ4n) is 2.99. The molecule has 6 nitrogen and oxygen atoms in total. The second-order valence-corrected chi connectivity index (χ2v) is 6.43. The molecule has 4 aromatic rings. The molecular formula is C23H18N2O4. The maximum absolute atomic E-state index is 12.6. The molecule has 0 radical (unpaired) electrons. The van der Waals surface area contributed by atoms with Crippen molar-refractivity contribution in [3.8, 4) is 11.5 Å². The van der Waals surface area contributed by atoms with Crippen molar-refractivity contribution in [2.45, 2.75) is 13.5 Å². The summed E-state index contributed by atoms with van der Waals surface area (Å²) in [6.07, 6.45) is 0. The van der Waals surface area contributed by atoms with Gasteiger partial charge in [0.1, 0.15) is 29.3 Å². The van der Waals surface area contributed by atoms with E-state index >= 15 is 0 Å². The summed E-state index contributed by atoms with van der Waals surface area (Å²) in [5.74, 6) is 0.459. The van der Waals surface area contributed by atoms with Crippen molar-refractivity contribution >= 4 is 11.6 Å². The molecule has 0 spiro atoms. The van der Waals surface area contributed by atoms with E-state index in [1.165, 1.54) is 10.5 Å². The highest BCUT2D eigenvalue weighted by Crippen LogP contribution is 2.25. The van der Waals surface area contributed by atoms with Gasteiger partial charge < -0.3 is 9.47 Å². The first-order valence-electron chi connectivity index (χ1n) is 9.09. The molecule has 0 unspecified atom stereocenters. The maximum atomic E-state index is 12.6. The summed E-state index contributed by atoms with van der Waals surface area (Å²) in [4.78, 5) is 29.4. The number of carbonyl (C=O) groups is 1. The van der Waals surface area contributed by atoms with E-state index in [0.717, 1.165) is 5.69 Å². The minimum absolute atomic E-state index is 0.113. The molecule has 2 heterocycles. The lowest BCUT2D eigenvalue weighted by atomic mass is 10.2. The van der Waals surface area contributed by atoms with Crippen LogP contribution in [0.1, 0.15) is 21.7 Å². The van der Waals surface area contributed by atoms with Crippen LogP contribution in [-0.2, 0) is 11.3 Å². The summed E-state index contributed by atoms with van der Waals surface area (Å²) < 4.78 is 12.7. The Morgan fingerprint density at radius 2 is 1.72 bits per heavy atom. The van der Waals surface area contributed by atoms with Crippen molar-refractivity contribution in [1.82, 2.24) is 9.38 Å². The SMILES string of the molecule is Cc1cccc2nc(COC(=O)c3ccccc3Oc3ccccc3)cc(=O)n12. The lowest BCUT2D eigenvalue weighted by Gasteiger charge is -2.11. The van der Waals surface area contributed by atoms with Gasteiger partial charge >= 0.3 is 5.97 Å². The quantitative estimate of drug-likeness (QED) is 0.482. The van der Waals surface area contributed by atoms with Crippen LogP contribution >= 0.6 is 0 Å². The van der Waals surface area contributed by atoms with Gasteiger partial charge in [0.15, 0.2) is 0 Å². The van der Waals surface area contributed by atoms with E-state index in [4.69, 9.17) is 9.47 Å². The number of para-hydroxylation sites is 2. The molecule has 29 heavy (non-hydrogen) atoms. The second kappa shape index (κ2) is 7.98. The van der Waals surface area contributed by atoms with Gasteiger partial charge in [0.2, 0.25) is 0 Å². The van der Waals surface area contributed by atoms with Crippen molar-refractivity contribution in [3.63, 3.8) is 0 Å². The molecule has 0 bridgehead atoms. The monoisotopic (exact) mass is 386 g/mol. The largest absolute Gasteiger partial charge is 0.456 e. The van der Waals surface area contributed by atoms with Crippen molar-refractivity contribution in [2.24, 2.45) is 0 Å². The van der Waals surface area contributed by atoms with Gasteiger partial charge in [0.25, 0.3) is 5.56 Å². The van der Waals surface area contributed by atoms with Crippen LogP contribution in [0.25, 0.3) is 5.65 Å². The number of fused-ring (bicyclic) bond motifs is 1. The van der Waals surface area contributed by atoms with Crippen LogP contribution in [0.4, 0.5) is 0 Å². The highest BCUT2D eigenvalue weighted by atomic mass is 16.5. The first kappa shape index (κ1) is 18.4. The Morgan fingerprint density at radius 1 is 0.966 bits per heavy atom. The van der Waals surface area contributed by atoms with Crippen molar-refractivity contribution < 1.29 is 14.3 Å². The number of esters is 1. The first-order chi connectivity index (χ1) is 14.1. The third-order valence-corrected chi connectivity index (χ3v) is 4.36. The smallest absolute Gasteiger partial charge is 0.342 e. The predicted molar refractivity (Wildman–Crippen MR) is 108 cm³/mol. The Kier molecular flexibility index (Phi) is 5.07. The number of aromatic nitrogens is 2. The Morgan fingerprint density at radius 3 is 2.55 bits per heavy atom. The zero-order valence-corrected chi connectivity index (χ0v) is 15.7. The molecule has 0 saturated heterocycles. The number of nitrogens with zero attached hydrogens (tertiary/aromatic N) is 2. The van der Waals surface area contributed by atoms with E-state index in [0.29, 0.717) is 28.4 Å². The van der Waals surface area contributed by atoms with Crippen LogP contribution in [0.3, 0.4) is 0 Å². The lowest BCUT2D eigenvalue weighted by molar-refractivity contribution is 0.0465. The van der Waals surface area contributed by atoms with Gasteiger partial charge in [-0.3, -0.25) is 9.20 Å². The average Bonchev–Trinajstić information content (AvgIpc) is 2.73. The van der Waals surface area contributed by atoms with E-state index in [1.807, 2.05) is 37.3 Å². The molecule has 0 aliphatic rings. The standard InChI is InChI=1S/C23H18N2O4/c1-16-8-7-13-21-24-17(14-22(26)25(16)21)15-28-23(27)19-11-5-6-12-20(19)29-18-9-3-2-4-10-18/h2-14H,15H2,1H3. The fraction of sp³-hybridized carbons (Fsp3) is 0.0870. The van der Waals surface area contributed by atoms with Crippen LogP contribution in [0, 0.1) is 6.92 Å². The van der Waals surface area contributed by atoms with Gasteiger partial charge in [0.05, 0.1) is 5.69 Å². The molecule has 0 amide bonds.